The number of aromatic nitrogens is 2. The maximum atomic E-state index is 4.51. The highest BCUT2D eigenvalue weighted by molar-refractivity contribution is 6.32. The highest BCUT2D eigenvalue weighted by Crippen LogP contribution is 2.39. The Morgan fingerprint density at radius 1 is 1.00 bits per heavy atom. The van der Waals surface area contributed by atoms with Crippen LogP contribution in [0, 0.1) is 0 Å². The van der Waals surface area contributed by atoms with Gasteiger partial charge in [-0.1, -0.05) is 54.0 Å². The van der Waals surface area contributed by atoms with Crippen molar-refractivity contribution in [1.29, 1.82) is 0 Å². The van der Waals surface area contributed by atoms with Gasteiger partial charge in [-0.3, -0.25) is 5.10 Å². The molecule has 19 heavy (non-hydrogen) atoms. The monoisotopic (exact) mass is 244 g/mol. The molecule has 0 amide bonds. The Kier molecular flexibility index (Phi) is 2.15. The van der Waals surface area contributed by atoms with E-state index in [-0.39, 0.29) is 0 Å². The SMILES string of the molecule is Bc1ccc(-c2n[nH]c3c2Cc2ccccc2-3)cc1. The van der Waals surface area contributed by atoms with Gasteiger partial charge in [0, 0.05) is 23.1 Å². The molecule has 90 valence electrons. The lowest BCUT2D eigenvalue weighted by Gasteiger charge is -2.01. The van der Waals surface area contributed by atoms with Gasteiger partial charge < -0.3 is 0 Å². The molecule has 0 saturated heterocycles. The predicted octanol–water partition coefficient (Wildman–Crippen LogP) is 1.91. The lowest BCUT2D eigenvalue weighted by atomic mass is 9.94. The Bertz CT molecular complexity index is 757. The van der Waals surface area contributed by atoms with Crippen LogP contribution in [0.4, 0.5) is 0 Å². The second-order valence-electron chi connectivity index (χ2n) is 5.13. The molecule has 1 N–H and O–H groups in total. The molecule has 0 atom stereocenters. The zero-order valence-corrected chi connectivity index (χ0v) is 10.8. The molecule has 2 nitrogen and oxygen atoms in total. The molecule has 0 spiro atoms. The van der Waals surface area contributed by atoms with Crippen molar-refractivity contribution in [2.75, 3.05) is 0 Å². The summed E-state index contributed by atoms with van der Waals surface area (Å²) in [6.45, 7) is 0. The fourth-order valence-corrected chi connectivity index (χ4v) is 2.82. The smallest absolute Gasteiger partial charge is 0.139 e. The maximum absolute atomic E-state index is 4.51. The van der Waals surface area contributed by atoms with E-state index in [0.29, 0.717) is 0 Å². The largest absolute Gasteiger partial charge is 0.277 e. The van der Waals surface area contributed by atoms with Crippen molar-refractivity contribution in [3.05, 3.63) is 59.7 Å². The molecule has 4 rings (SSSR count). The summed E-state index contributed by atoms with van der Waals surface area (Å²) < 4.78 is 0. The average molecular weight is 244 g/mol. The molecule has 1 aromatic heterocycles. The van der Waals surface area contributed by atoms with E-state index in [2.05, 4.69) is 66.6 Å². The van der Waals surface area contributed by atoms with Crippen molar-refractivity contribution < 1.29 is 0 Å². The summed E-state index contributed by atoms with van der Waals surface area (Å²) in [6, 6.07) is 17.1. The van der Waals surface area contributed by atoms with Gasteiger partial charge in [-0.15, -0.1) is 0 Å². The molecule has 3 heteroatoms. The van der Waals surface area contributed by atoms with Gasteiger partial charge in [-0.05, 0) is 5.56 Å². The first-order valence-electron chi connectivity index (χ1n) is 6.55. The molecule has 0 radical (unpaired) electrons. The van der Waals surface area contributed by atoms with Crippen LogP contribution in [0.5, 0.6) is 0 Å². The van der Waals surface area contributed by atoms with E-state index in [4.69, 9.17) is 0 Å². The van der Waals surface area contributed by atoms with Crippen LogP contribution in [0.1, 0.15) is 11.1 Å². The molecule has 0 saturated carbocycles. The van der Waals surface area contributed by atoms with E-state index in [9.17, 15) is 0 Å². The number of benzene rings is 2. The number of aromatic amines is 1. The van der Waals surface area contributed by atoms with E-state index in [1.54, 1.807) is 0 Å². The van der Waals surface area contributed by atoms with Crippen LogP contribution in [-0.2, 0) is 6.42 Å². The molecule has 0 aliphatic heterocycles. The second-order valence-corrected chi connectivity index (χ2v) is 5.13. The third-order valence-electron chi connectivity index (χ3n) is 3.85. The Labute approximate surface area is 112 Å². The summed E-state index contributed by atoms with van der Waals surface area (Å²) in [5.41, 5.74) is 8.75. The molecule has 1 aliphatic rings. The van der Waals surface area contributed by atoms with Crippen LogP contribution in [0.15, 0.2) is 48.5 Å². The lowest BCUT2D eigenvalue weighted by molar-refractivity contribution is 1.09. The first kappa shape index (κ1) is 10.6. The number of H-pyrrole nitrogens is 1. The number of nitrogens with one attached hydrogen (secondary N) is 1. The number of rotatable bonds is 1. The molecular weight excluding hydrogens is 231 g/mol. The van der Waals surface area contributed by atoms with Crippen LogP contribution in [0.25, 0.3) is 22.5 Å². The van der Waals surface area contributed by atoms with Crippen molar-refractivity contribution in [2.45, 2.75) is 6.42 Å². The van der Waals surface area contributed by atoms with Crippen LogP contribution in [-0.4, -0.2) is 18.0 Å². The highest BCUT2D eigenvalue weighted by atomic mass is 15.1. The molecule has 1 aliphatic carbocycles. The van der Waals surface area contributed by atoms with Crippen molar-refractivity contribution in [1.82, 2.24) is 10.2 Å². The zero-order valence-electron chi connectivity index (χ0n) is 10.8. The molecule has 0 fully saturated rings. The fraction of sp³-hybridized carbons (Fsp3) is 0.0625. The normalized spacial score (nSPS) is 12.2. The Balaban J connectivity index is 1.87. The summed E-state index contributed by atoms with van der Waals surface area (Å²) in [5.74, 6) is 0. The Morgan fingerprint density at radius 3 is 2.63 bits per heavy atom. The van der Waals surface area contributed by atoms with E-state index >= 15 is 0 Å². The van der Waals surface area contributed by atoms with E-state index in [1.165, 1.54) is 33.4 Å². The summed E-state index contributed by atoms with van der Waals surface area (Å²) in [7, 11) is 2.11. The molecule has 1 heterocycles. The highest BCUT2D eigenvalue weighted by Gasteiger charge is 2.24. The average Bonchev–Trinajstić information content (AvgIpc) is 2.98. The number of hydrogen-bond acceptors (Lipinski definition) is 1. The van der Waals surface area contributed by atoms with Crippen molar-refractivity contribution in [3.8, 4) is 22.5 Å². The van der Waals surface area contributed by atoms with Crippen LogP contribution in [0.2, 0.25) is 0 Å². The van der Waals surface area contributed by atoms with Gasteiger partial charge in [0.25, 0.3) is 0 Å². The summed E-state index contributed by atoms with van der Waals surface area (Å²) >= 11 is 0. The minimum Gasteiger partial charge on any atom is -0.277 e. The van der Waals surface area contributed by atoms with E-state index in [0.717, 1.165) is 12.1 Å². The zero-order chi connectivity index (χ0) is 12.8. The third kappa shape index (κ3) is 1.55. The summed E-state index contributed by atoms with van der Waals surface area (Å²) in [5, 5.41) is 7.72. The van der Waals surface area contributed by atoms with E-state index in [1.807, 2.05) is 0 Å². The number of fused-ring (bicyclic) bond motifs is 3. The van der Waals surface area contributed by atoms with Crippen molar-refractivity contribution >= 4 is 13.3 Å². The Morgan fingerprint density at radius 2 is 1.79 bits per heavy atom. The number of nitrogens with zero attached hydrogens (tertiary/aromatic N) is 1. The van der Waals surface area contributed by atoms with Crippen molar-refractivity contribution in [2.24, 2.45) is 0 Å². The number of hydrogen-bond donors (Lipinski definition) is 1. The van der Waals surface area contributed by atoms with Crippen LogP contribution in [0.3, 0.4) is 0 Å². The van der Waals surface area contributed by atoms with Gasteiger partial charge in [0.15, 0.2) is 0 Å². The van der Waals surface area contributed by atoms with Gasteiger partial charge in [0.2, 0.25) is 0 Å². The van der Waals surface area contributed by atoms with Gasteiger partial charge in [-0.2, -0.15) is 5.10 Å². The molecule has 0 bridgehead atoms. The quantitative estimate of drug-likeness (QED) is 0.509. The minimum atomic E-state index is 0.977. The summed E-state index contributed by atoms with van der Waals surface area (Å²) in [6.07, 6.45) is 0.977. The fourth-order valence-electron chi connectivity index (χ4n) is 2.82. The minimum absolute atomic E-state index is 0.977. The van der Waals surface area contributed by atoms with Crippen LogP contribution < -0.4 is 5.46 Å². The first-order chi connectivity index (χ1) is 9.33. The van der Waals surface area contributed by atoms with Gasteiger partial charge >= 0.3 is 0 Å². The van der Waals surface area contributed by atoms with Gasteiger partial charge in [0.05, 0.1) is 11.4 Å². The van der Waals surface area contributed by atoms with E-state index < -0.39 is 0 Å². The van der Waals surface area contributed by atoms with Gasteiger partial charge in [-0.25, -0.2) is 0 Å². The Hall–Kier alpha value is -2.29. The molecular formula is C16H13BN2. The van der Waals surface area contributed by atoms with Crippen LogP contribution >= 0.6 is 0 Å². The topological polar surface area (TPSA) is 28.7 Å². The van der Waals surface area contributed by atoms with Crippen molar-refractivity contribution in [3.63, 3.8) is 0 Å². The van der Waals surface area contributed by atoms with Gasteiger partial charge in [0.1, 0.15) is 7.85 Å². The predicted molar refractivity (Wildman–Crippen MR) is 80.4 cm³/mol. The first-order valence-corrected chi connectivity index (χ1v) is 6.55. The second kappa shape index (κ2) is 3.85. The molecule has 3 aromatic rings. The maximum Gasteiger partial charge on any atom is 0.139 e. The lowest BCUT2D eigenvalue weighted by Crippen LogP contribution is -1.99. The third-order valence-corrected chi connectivity index (χ3v) is 3.85. The molecule has 0 unspecified atom stereocenters. The summed E-state index contributed by atoms with van der Waals surface area (Å²) in [4.78, 5) is 0. The standard InChI is InChI=1S/C16H13BN2/c17-12-7-5-10(6-8-12)15-14-9-11-3-1-2-4-13(11)16(14)19-18-15/h1-8H,9,17H2,(H,18,19). The molecule has 2 aromatic carbocycles.